The van der Waals surface area contributed by atoms with E-state index in [2.05, 4.69) is 34.7 Å². The largest absolute Gasteiger partial charge is 0.345 e. The number of benzene rings is 2. The van der Waals surface area contributed by atoms with Crippen molar-refractivity contribution in [3.8, 4) is 22.6 Å². The molecule has 1 unspecified atom stereocenters. The zero-order valence-corrected chi connectivity index (χ0v) is 26.8. The van der Waals surface area contributed by atoms with E-state index in [9.17, 15) is 4.79 Å². The molecular weight excluding hydrogens is 586 g/mol. The third kappa shape index (κ3) is 5.03. The number of amides is 1. The van der Waals surface area contributed by atoms with E-state index < -0.39 is 12.1 Å². The van der Waals surface area contributed by atoms with E-state index in [4.69, 9.17) is 9.97 Å². The van der Waals surface area contributed by atoms with Gasteiger partial charge in [-0.15, -0.1) is 0 Å². The first-order valence-electron chi connectivity index (χ1n) is 15.5. The molecule has 1 amide bonds. The summed E-state index contributed by atoms with van der Waals surface area (Å²) in [5, 5.41) is 10.2. The van der Waals surface area contributed by atoms with Crippen LogP contribution in [0.25, 0.3) is 44.6 Å². The van der Waals surface area contributed by atoms with Crippen molar-refractivity contribution < 1.29 is 13.6 Å². The quantitative estimate of drug-likeness (QED) is 0.184. The van der Waals surface area contributed by atoms with E-state index >= 15 is 8.78 Å². The predicted octanol–water partition coefficient (Wildman–Crippen LogP) is 6.94. The highest BCUT2D eigenvalue weighted by molar-refractivity contribution is 5.95. The summed E-state index contributed by atoms with van der Waals surface area (Å²) in [5.74, 6) is 0.427. The van der Waals surface area contributed by atoms with Crippen molar-refractivity contribution in [1.29, 1.82) is 0 Å². The van der Waals surface area contributed by atoms with E-state index in [1.165, 1.54) is 4.90 Å². The van der Waals surface area contributed by atoms with Crippen molar-refractivity contribution in [1.82, 2.24) is 39.0 Å². The normalized spacial score (nSPS) is 14.1. The first kappa shape index (κ1) is 29.8. The molecule has 1 aliphatic carbocycles. The van der Waals surface area contributed by atoms with Crippen LogP contribution in [0.4, 0.5) is 8.78 Å². The Morgan fingerprint density at radius 1 is 1.02 bits per heavy atom. The standard InChI is InChI=1S/C35H36F2N8O/c1-19(2)29-25(16-23-17-43(5)41-33(23)38-29)34-39-30(31(44(34)6)21-12-13-21)24-8-7-9-27-28(24)32(37)45(40-27)18-26(36)20-10-14-22(15-11-20)35(46)42(3)4/h7-11,14-17,19,21,26H,12-13,18H2,1-6H3. The maximum atomic E-state index is 16.3. The van der Waals surface area contributed by atoms with Gasteiger partial charge in [0.15, 0.2) is 5.65 Å². The molecular formula is C35H36F2N8O. The lowest BCUT2D eigenvalue weighted by Crippen LogP contribution is -2.21. The van der Waals surface area contributed by atoms with Crippen molar-refractivity contribution >= 4 is 27.8 Å². The van der Waals surface area contributed by atoms with Crippen LogP contribution in [0.1, 0.15) is 72.0 Å². The van der Waals surface area contributed by atoms with Crippen molar-refractivity contribution in [2.24, 2.45) is 14.1 Å². The smallest absolute Gasteiger partial charge is 0.253 e. The van der Waals surface area contributed by atoms with Gasteiger partial charge in [0.2, 0.25) is 5.95 Å². The lowest BCUT2D eigenvalue weighted by molar-refractivity contribution is 0.0827. The number of fused-ring (bicyclic) bond motifs is 2. The summed E-state index contributed by atoms with van der Waals surface area (Å²) in [5.41, 5.74) is 6.15. The number of hydrogen-bond acceptors (Lipinski definition) is 5. The number of nitrogens with zero attached hydrogens (tertiary/aromatic N) is 8. The number of hydrogen-bond donors (Lipinski definition) is 0. The minimum atomic E-state index is -1.52. The number of carbonyl (C=O) groups is 1. The van der Waals surface area contributed by atoms with Crippen LogP contribution in [0.5, 0.6) is 0 Å². The van der Waals surface area contributed by atoms with Crippen LogP contribution in [0.2, 0.25) is 0 Å². The van der Waals surface area contributed by atoms with Crippen LogP contribution in [0, 0.1) is 5.95 Å². The second kappa shape index (κ2) is 11.1. The average Bonchev–Trinajstić information content (AvgIpc) is 3.61. The molecule has 0 bridgehead atoms. The molecule has 1 aliphatic rings. The van der Waals surface area contributed by atoms with E-state index in [1.54, 1.807) is 49.1 Å². The second-order valence-electron chi connectivity index (χ2n) is 12.8. The van der Waals surface area contributed by atoms with E-state index in [0.717, 1.165) is 45.7 Å². The Morgan fingerprint density at radius 2 is 1.76 bits per heavy atom. The lowest BCUT2D eigenvalue weighted by atomic mass is 10.0. The molecule has 0 spiro atoms. The Balaban J connectivity index is 1.30. The van der Waals surface area contributed by atoms with Crippen molar-refractivity contribution in [3.63, 3.8) is 0 Å². The summed E-state index contributed by atoms with van der Waals surface area (Å²) in [6.07, 6.45) is 2.48. The molecule has 7 rings (SSSR count). The Labute approximate surface area is 265 Å². The highest BCUT2D eigenvalue weighted by atomic mass is 19.1. The topological polar surface area (TPSA) is 86.7 Å². The molecule has 0 saturated heterocycles. The first-order chi connectivity index (χ1) is 22.0. The molecule has 1 saturated carbocycles. The molecule has 236 valence electrons. The summed E-state index contributed by atoms with van der Waals surface area (Å²) in [4.78, 5) is 23.8. The fourth-order valence-corrected chi connectivity index (χ4v) is 6.29. The number of pyridine rings is 1. The molecule has 0 aliphatic heterocycles. The number of carbonyl (C=O) groups excluding carboxylic acids is 1. The Kier molecular flexibility index (Phi) is 7.21. The van der Waals surface area contributed by atoms with E-state index in [1.807, 2.05) is 32.4 Å². The molecule has 2 aromatic carbocycles. The SMILES string of the molecule is CC(C)c1nc2nn(C)cc2cc1-c1nc(-c2cccc3nn(CC(F)c4ccc(C(=O)N(C)C)cc4)c(F)c23)c(C2CC2)n1C. The van der Waals surface area contributed by atoms with E-state index in [-0.39, 0.29) is 18.4 Å². The number of aryl methyl sites for hydroxylation is 1. The van der Waals surface area contributed by atoms with Crippen LogP contribution >= 0.6 is 0 Å². The lowest BCUT2D eigenvalue weighted by Gasteiger charge is -2.12. The maximum Gasteiger partial charge on any atom is 0.253 e. The molecule has 4 aromatic heterocycles. The number of imidazole rings is 1. The van der Waals surface area contributed by atoms with Crippen LogP contribution in [-0.2, 0) is 20.6 Å². The van der Waals surface area contributed by atoms with Gasteiger partial charge in [0, 0.05) is 68.1 Å². The fourth-order valence-electron chi connectivity index (χ4n) is 6.29. The zero-order valence-electron chi connectivity index (χ0n) is 26.8. The number of rotatable bonds is 8. The van der Waals surface area contributed by atoms with Gasteiger partial charge in [-0.05, 0) is 48.6 Å². The molecule has 0 radical (unpaired) electrons. The third-order valence-corrected chi connectivity index (χ3v) is 8.75. The molecule has 6 aromatic rings. The van der Waals surface area contributed by atoms with Gasteiger partial charge < -0.3 is 9.47 Å². The van der Waals surface area contributed by atoms with Gasteiger partial charge in [-0.1, -0.05) is 38.1 Å². The number of alkyl halides is 1. The average molecular weight is 623 g/mol. The zero-order chi connectivity index (χ0) is 32.4. The Hall–Kier alpha value is -4.93. The summed E-state index contributed by atoms with van der Waals surface area (Å²) in [6, 6.07) is 13.8. The van der Waals surface area contributed by atoms with E-state index in [0.29, 0.717) is 44.9 Å². The molecule has 0 N–H and O–H groups in total. The fraction of sp³-hybridized carbons (Fsp3) is 0.343. The monoisotopic (exact) mass is 622 g/mol. The Bertz CT molecular complexity index is 2120. The van der Waals surface area contributed by atoms with Gasteiger partial charge in [0.05, 0.1) is 28.8 Å². The van der Waals surface area contributed by atoms with Gasteiger partial charge in [-0.2, -0.15) is 14.6 Å². The van der Waals surface area contributed by atoms with Crippen molar-refractivity contribution in [3.05, 3.63) is 83.2 Å². The minimum Gasteiger partial charge on any atom is -0.345 e. The highest BCUT2D eigenvalue weighted by Crippen LogP contribution is 2.47. The molecule has 4 heterocycles. The summed E-state index contributed by atoms with van der Waals surface area (Å²) in [6.45, 7) is 3.90. The summed E-state index contributed by atoms with van der Waals surface area (Å²) in [7, 11) is 7.22. The summed E-state index contributed by atoms with van der Waals surface area (Å²) < 4.78 is 36.8. The van der Waals surface area contributed by atoms with Gasteiger partial charge in [-0.3, -0.25) is 9.48 Å². The molecule has 1 fully saturated rings. The maximum absolute atomic E-state index is 16.3. The molecule has 46 heavy (non-hydrogen) atoms. The highest BCUT2D eigenvalue weighted by Gasteiger charge is 2.34. The van der Waals surface area contributed by atoms with Crippen LogP contribution in [0.3, 0.4) is 0 Å². The molecule has 11 heteroatoms. The van der Waals surface area contributed by atoms with Crippen molar-refractivity contribution in [2.45, 2.75) is 51.2 Å². The third-order valence-electron chi connectivity index (χ3n) is 8.75. The first-order valence-corrected chi connectivity index (χ1v) is 15.5. The Morgan fingerprint density at radius 3 is 2.43 bits per heavy atom. The van der Waals surface area contributed by atoms with Gasteiger partial charge in [0.25, 0.3) is 5.91 Å². The van der Waals surface area contributed by atoms with Crippen molar-refractivity contribution in [2.75, 3.05) is 14.1 Å². The second-order valence-corrected chi connectivity index (χ2v) is 12.8. The molecule has 1 atom stereocenters. The number of halogens is 2. The van der Waals surface area contributed by atoms with Crippen LogP contribution in [0.15, 0.2) is 54.7 Å². The minimum absolute atomic E-state index is 0.128. The summed E-state index contributed by atoms with van der Waals surface area (Å²) >= 11 is 0. The van der Waals surface area contributed by atoms with Gasteiger partial charge >= 0.3 is 0 Å². The molecule has 9 nitrogen and oxygen atoms in total. The van der Waals surface area contributed by atoms with Crippen LogP contribution < -0.4 is 0 Å². The van der Waals surface area contributed by atoms with Crippen LogP contribution in [-0.4, -0.2) is 59.0 Å². The van der Waals surface area contributed by atoms with Gasteiger partial charge in [-0.25, -0.2) is 19.0 Å². The number of aromatic nitrogens is 7. The predicted molar refractivity (Wildman–Crippen MR) is 174 cm³/mol. The van der Waals surface area contributed by atoms with Gasteiger partial charge in [0.1, 0.15) is 12.0 Å².